The number of pyridine rings is 1. The second-order valence-electron chi connectivity index (χ2n) is 12.4. The Morgan fingerprint density at radius 1 is 1.21 bits per heavy atom. The third kappa shape index (κ3) is 5.11. The van der Waals surface area contributed by atoms with Gasteiger partial charge < -0.3 is 19.9 Å². The number of rotatable bonds is 9. The van der Waals surface area contributed by atoms with E-state index in [9.17, 15) is 9.18 Å². The maximum Gasteiger partial charge on any atom is 0.317 e. The molecule has 47 heavy (non-hydrogen) atoms. The normalized spacial score (nSPS) is 24.1. The first kappa shape index (κ1) is 31.1. The van der Waals surface area contributed by atoms with Crippen LogP contribution in [0.25, 0.3) is 32.9 Å². The zero-order valence-electron chi connectivity index (χ0n) is 25.7. The van der Waals surface area contributed by atoms with E-state index in [0.717, 1.165) is 19.4 Å². The van der Waals surface area contributed by atoms with E-state index in [1.807, 2.05) is 0 Å². The van der Waals surface area contributed by atoms with Gasteiger partial charge in [-0.2, -0.15) is 4.98 Å². The lowest BCUT2D eigenvalue weighted by molar-refractivity contribution is -0.124. The number of carbonyl (C=O) groups is 1. The van der Waals surface area contributed by atoms with E-state index in [1.165, 1.54) is 31.5 Å². The quantitative estimate of drug-likeness (QED) is 0.204. The van der Waals surface area contributed by atoms with Crippen LogP contribution in [0.1, 0.15) is 43.4 Å². The molecule has 4 aromatic rings. The molecule has 2 aromatic carbocycles. The third-order valence-electron chi connectivity index (χ3n) is 9.66. The molecule has 0 radical (unpaired) electrons. The van der Waals surface area contributed by atoms with Crippen LogP contribution in [0.5, 0.6) is 11.8 Å². The number of ether oxygens (including phenoxy) is 3. The molecule has 7 rings (SSSR count). The number of nitrogens with zero attached hydrogens (tertiary/aromatic N) is 4. The van der Waals surface area contributed by atoms with Gasteiger partial charge in [0, 0.05) is 42.6 Å². The summed E-state index contributed by atoms with van der Waals surface area (Å²) in [5, 5.41) is 4.00. The molecule has 0 saturated carbocycles. The van der Waals surface area contributed by atoms with E-state index in [4.69, 9.17) is 31.4 Å². The Balaban J connectivity index is 1.45. The Kier molecular flexibility index (Phi) is 7.90. The summed E-state index contributed by atoms with van der Waals surface area (Å²) >= 11 is 0. The summed E-state index contributed by atoms with van der Waals surface area (Å²) in [5.74, 6) is 0.400. The van der Waals surface area contributed by atoms with Gasteiger partial charge in [-0.15, -0.1) is 6.42 Å². The van der Waals surface area contributed by atoms with Gasteiger partial charge in [0.25, 0.3) is 0 Å². The summed E-state index contributed by atoms with van der Waals surface area (Å²) in [6, 6.07) is 5.73. The van der Waals surface area contributed by atoms with E-state index < -0.39 is 34.8 Å². The highest BCUT2D eigenvalue weighted by Gasteiger charge is 2.49. The second-order valence-corrected chi connectivity index (χ2v) is 12.4. The van der Waals surface area contributed by atoms with Crippen molar-refractivity contribution in [3.63, 3.8) is 0 Å². The fourth-order valence-corrected chi connectivity index (χ4v) is 7.48. The minimum absolute atomic E-state index is 0.0999. The molecule has 1 amide bonds. The van der Waals surface area contributed by atoms with Crippen LogP contribution in [-0.2, 0) is 15.1 Å². The number of benzene rings is 2. The lowest BCUT2D eigenvalue weighted by Crippen LogP contribution is -2.49. The Labute approximate surface area is 268 Å². The molecule has 10 nitrogen and oxygen atoms in total. The summed E-state index contributed by atoms with van der Waals surface area (Å²) in [7, 11) is 1.45. The highest BCUT2D eigenvalue weighted by atomic mass is 19.1. The number of terminal acetylenes is 1. The van der Waals surface area contributed by atoms with Crippen LogP contribution in [0.4, 0.5) is 13.2 Å². The maximum absolute atomic E-state index is 17.0. The molecule has 13 heteroatoms. The van der Waals surface area contributed by atoms with Crippen molar-refractivity contribution in [1.29, 1.82) is 0 Å². The number of methoxy groups -OCH3 is 1. The van der Waals surface area contributed by atoms with Crippen molar-refractivity contribution in [3.8, 4) is 35.4 Å². The third-order valence-corrected chi connectivity index (χ3v) is 9.66. The largest absolute Gasteiger partial charge is 0.468 e. The molecule has 3 fully saturated rings. The first-order valence-corrected chi connectivity index (χ1v) is 15.5. The summed E-state index contributed by atoms with van der Waals surface area (Å²) in [6.45, 7) is 1.60. The van der Waals surface area contributed by atoms with Crippen molar-refractivity contribution in [2.75, 3.05) is 40.1 Å². The lowest BCUT2D eigenvalue weighted by atomic mass is 9.88. The SMILES string of the molecule is C#Cc1c(F)ccc2cc(OCOC)cc(-c3nc(C4(C(N)=O)CCCN4)c4cnc(OC[C@@]56CCCN5C[C@H](F)C6)nc4c3F)c12. The molecule has 0 aliphatic carbocycles. The number of alkyl halides is 1. The number of carbonyl (C=O) groups excluding carboxylic acids is 1. The van der Waals surface area contributed by atoms with Crippen LogP contribution >= 0.6 is 0 Å². The van der Waals surface area contributed by atoms with Crippen LogP contribution in [0.15, 0.2) is 30.5 Å². The molecule has 3 saturated heterocycles. The number of hydrogen-bond donors (Lipinski definition) is 2. The fourth-order valence-electron chi connectivity index (χ4n) is 7.48. The van der Waals surface area contributed by atoms with Crippen LogP contribution in [0.3, 0.4) is 0 Å². The highest BCUT2D eigenvalue weighted by Crippen LogP contribution is 2.43. The standard InChI is InChI=1S/C34H33F3N6O4/c1-3-22-25(36)7-6-19-12-21(47-18-45-2)13-23(26(19)22)28-27(37)29-24(30(41-28)34(31(38)44)9-4-10-40-34)15-39-32(42-29)46-17-33-8-5-11-43(33)16-20(35)14-33/h1,6-7,12-13,15,20,40H,4-5,8-11,14,16-18H2,2H3,(H2,38,44)/t20-,33+,34?/m1/s1. The van der Waals surface area contributed by atoms with Crippen LogP contribution in [0.2, 0.25) is 0 Å². The van der Waals surface area contributed by atoms with Gasteiger partial charge in [-0.25, -0.2) is 23.1 Å². The van der Waals surface area contributed by atoms with Gasteiger partial charge in [-0.1, -0.05) is 12.0 Å². The first-order chi connectivity index (χ1) is 22.7. The number of aromatic nitrogens is 3. The number of nitrogens with one attached hydrogen (secondary N) is 1. The van der Waals surface area contributed by atoms with Gasteiger partial charge in [0.15, 0.2) is 12.6 Å². The molecular formula is C34H33F3N6O4. The predicted octanol–water partition coefficient (Wildman–Crippen LogP) is 4.11. The van der Waals surface area contributed by atoms with Crippen LogP contribution < -0.4 is 20.5 Å². The second kappa shape index (κ2) is 11.9. The number of hydrogen-bond acceptors (Lipinski definition) is 9. The number of amides is 1. The Morgan fingerprint density at radius 2 is 2.06 bits per heavy atom. The van der Waals surface area contributed by atoms with Crippen molar-refractivity contribution in [2.45, 2.75) is 49.4 Å². The monoisotopic (exact) mass is 646 g/mol. The smallest absolute Gasteiger partial charge is 0.317 e. The van der Waals surface area contributed by atoms with E-state index >= 15 is 8.78 Å². The summed E-state index contributed by atoms with van der Waals surface area (Å²) in [5.41, 5.74) is 3.73. The minimum Gasteiger partial charge on any atom is -0.468 e. The van der Waals surface area contributed by atoms with Crippen molar-refractivity contribution >= 4 is 27.6 Å². The van der Waals surface area contributed by atoms with Crippen molar-refractivity contribution in [3.05, 3.63) is 53.4 Å². The molecule has 3 aliphatic rings. The molecule has 3 atom stereocenters. The topological polar surface area (TPSA) is 125 Å². The van der Waals surface area contributed by atoms with Gasteiger partial charge in [-0.05, 0) is 62.4 Å². The van der Waals surface area contributed by atoms with Crippen molar-refractivity contribution in [1.82, 2.24) is 25.2 Å². The molecule has 5 heterocycles. The molecule has 0 spiro atoms. The molecule has 3 aliphatic heterocycles. The number of primary amides is 1. The van der Waals surface area contributed by atoms with Crippen LogP contribution in [0, 0.1) is 24.0 Å². The highest BCUT2D eigenvalue weighted by molar-refractivity contribution is 6.03. The van der Waals surface area contributed by atoms with Crippen molar-refractivity contribution in [2.24, 2.45) is 5.73 Å². The molecule has 2 aromatic heterocycles. The minimum atomic E-state index is -1.46. The van der Waals surface area contributed by atoms with Gasteiger partial charge in [-0.3, -0.25) is 15.0 Å². The Morgan fingerprint density at radius 3 is 2.81 bits per heavy atom. The maximum atomic E-state index is 17.0. The zero-order chi connectivity index (χ0) is 32.9. The van der Waals surface area contributed by atoms with E-state index in [1.54, 1.807) is 6.07 Å². The first-order valence-electron chi connectivity index (χ1n) is 15.5. The lowest BCUT2D eigenvalue weighted by Gasteiger charge is -2.31. The van der Waals surface area contributed by atoms with E-state index in [2.05, 4.69) is 26.1 Å². The zero-order valence-corrected chi connectivity index (χ0v) is 25.7. The number of halogens is 3. The summed E-state index contributed by atoms with van der Waals surface area (Å²) in [4.78, 5) is 28.8. The average molecular weight is 647 g/mol. The van der Waals surface area contributed by atoms with Gasteiger partial charge in [0.05, 0.1) is 16.8 Å². The molecule has 0 bridgehead atoms. The average Bonchev–Trinajstić information content (AvgIpc) is 3.78. The summed E-state index contributed by atoms with van der Waals surface area (Å²) < 4.78 is 63.3. The molecule has 3 N–H and O–H groups in total. The van der Waals surface area contributed by atoms with E-state index in [0.29, 0.717) is 37.7 Å². The number of nitrogens with two attached hydrogens (primary N) is 1. The van der Waals surface area contributed by atoms with Gasteiger partial charge in [0.1, 0.15) is 41.1 Å². The van der Waals surface area contributed by atoms with E-state index in [-0.39, 0.29) is 64.0 Å². The van der Waals surface area contributed by atoms with Crippen LogP contribution in [-0.4, -0.2) is 77.6 Å². The molecule has 244 valence electrons. The van der Waals surface area contributed by atoms with Gasteiger partial charge in [0.2, 0.25) is 5.91 Å². The Hall–Kier alpha value is -4.51. The number of fused-ring (bicyclic) bond motifs is 3. The molecular weight excluding hydrogens is 613 g/mol. The predicted molar refractivity (Wildman–Crippen MR) is 167 cm³/mol. The van der Waals surface area contributed by atoms with Crippen molar-refractivity contribution < 1.29 is 32.2 Å². The molecule has 1 unspecified atom stereocenters. The van der Waals surface area contributed by atoms with Gasteiger partial charge >= 0.3 is 6.01 Å². The Bertz CT molecular complexity index is 1950. The summed E-state index contributed by atoms with van der Waals surface area (Å²) in [6.07, 6.45) is 9.08. The fraction of sp³-hybridized carbons (Fsp3) is 0.412.